The predicted octanol–water partition coefficient (Wildman–Crippen LogP) is 2.74. The van der Waals surface area contributed by atoms with E-state index < -0.39 is 0 Å². The predicted molar refractivity (Wildman–Crippen MR) is 71.8 cm³/mol. The fraction of sp³-hybridized carbons (Fsp3) is 1.00. The summed E-state index contributed by atoms with van der Waals surface area (Å²) in [6.45, 7) is 14.2. The van der Waals surface area contributed by atoms with Crippen LogP contribution in [0.25, 0.3) is 0 Å². The van der Waals surface area contributed by atoms with Crippen molar-refractivity contribution in [3.8, 4) is 0 Å². The Morgan fingerprint density at radius 1 is 1.31 bits per heavy atom. The van der Waals surface area contributed by atoms with Gasteiger partial charge in [0, 0.05) is 19.1 Å². The Labute approximate surface area is 102 Å². The van der Waals surface area contributed by atoms with Crippen molar-refractivity contribution in [2.24, 2.45) is 11.8 Å². The summed E-state index contributed by atoms with van der Waals surface area (Å²) in [7, 11) is 0. The van der Waals surface area contributed by atoms with E-state index in [1.54, 1.807) is 0 Å². The van der Waals surface area contributed by atoms with Gasteiger partial charge in [0.05, 0.1) is 0 Å². The van der Waals surface area contributed by atoms with Crippen LogP contribution in [0.4, 0.5) is 0 Å². The molecule has 0 aromatic heterocycles. The Kier molecular flexibility index (Phi) is 6.37. The zero-order valence-electron chi connectivity index (χ0n) is 11.6. The maximum atomic E-state index is 3.61. The monoisotopic (exact) mass is 226 g/mol. The molecular formula is C14H30N2. The highest BCUT2D eigenvalue weighted by atomic mass is 15.2. The third-order valence-electron chi connectivity index (χ3n) is 3.94. The zero-order valence-corrected chi connectivity index (χ0v) is 11.6. The first kappa shape index (κ1) is 14.0. The number of rotatable bonds is 6. The van der Waals surface area contributed by atoms with Gasteiger partial charge in [-0.15, -0.1) is 0 Å². The molecule has 0 aromatic rings. The summed E-state index contributed by atoms with van der Waals surface area (Å²) >= 11 is 0. The van der Waals surface area contributed by atoms with Crippen LogP contribution in [0.15, 0.2) is 0 Å². The van der Waals surface area contributed by atoms with Crippen LogP contribution in [0.3, 0.4) is 0 Å². The summed E-state index contributed by atoms with van der Waals surface area (Å²) in [5.74, 6) is 1.71. The molecule has 3 atom stereocenters. The Morgan fingerprint density at radius 2 is 2.06 bits per heavy atom. The lowest BCUT2D eigenvalue weighted by molar-refractivity contribution is 0.136. The Morgan fingerprint density at radius 3 is 2.69 bits per heavy atom. The van der Waals surface area contributed by atoms with Gasteiger partial charge in [0.2, 0.25) is 0 Å². The van der Waals surface area contributed by atoms with Crippen molar-refractivity contribution in [1.82, 2.24) is 10.2 Å². The first-order valence-electron chi connectivity index (χ1n) is 7.08. The summed E-state index contributed by atoms with van der Waals surface area (Å²) in [5, 5.41) is 3.61. The fourth-order valence-electron chi connectivity index (χ4n) is 2.44. The van der Waals surface area contributed by atoms with Crippen molar-refractivity contribution in [2.75, 3.05) is 26.2 Å². The van der Waals surface area contributed by atoms with Gasteiger partial charge < -0.3 is 5.32 Å². The third-order valence-corrected chi connectivity index (χ3v) is 3.94. The molecule has 0 aliphatic carbocycles. The molecule has 0 amide bonds. The molecule has 1 aliphatic rings. The molecule has 96 valence electrons. The maximum absolute atomic E-state index is 3.61. The Bertz CT molecular complexity index is 182. The summed E-state index contributed by atoms with van der Waals surface area (Å²) in [6.07, 6.45) is 4.09. The van der Waals surface area contributed by atoms with E-state index in [-0.39, 0.29) is 0 Å². The van der Waals surface area contributed by atoms with Crippen LogP contribution in [-0.2, 0) is 0 Å². The van der Waals surface area contributed by atoms with E-state index in [2.05, 4.69) is 37.9 Å². The largest absolute Gasteiger partial charge is 0.315 e. The Balaban J connectivity index is 2.16. The zero-order chi connectivity index (χ0) is 12.0. The van der Waals surface area contributed by atoms with E-state index >= 15 is 0 Å². The minimum atomic E-state index is 0.701. The first-order valence-corrected chi connectivity index (χ1v) is 7.08. The van der Waals surface area contributed by atoms with E-state index in [1.807, 2.05) is 0 Å². The number of hydrogen-bond donors (Lipinski definition) is 1. The van der Waals surface area contributed by atoms with E-state index in [0.717, 1.165) is 18.4 Å². The molecule has 0 saturated carbocycles. The van der Waals surface area contributed by atoms with Crippen molar-refractivity contribution >= 4 is 0 Å². The molecule has 1 heterocycles. The van der Waals surface area contributed by atoms with Gasteiger partial charge in [-0.3, -0.25) is 4.90 Å². The number of nitrogens with one attached hydrogen (secondary N) is 1. The molecule has 1 aliphatic heterocycles. The number of piperidine rings is 1. The highest BCUT2D eigenvalue weighted by Gasteiger charge is 2.20. The lowest BCUT2D eigenvalue weighted by Gasteiger charge is -2.35. The van der Waals surface area contributed by atoms with Gasteiger partial charge in [0.1, 0.15) is 0 Å². The highest BCUT2D eigenvalue weighted by Crippen LogP contribution is 2.17. The topological polar surface area (TPSA) is 15.3 Å². The van der Waals surface area contributed by atoms with Crippen molar-refractivity contribution in [3.05, 3.63) is 0 Å². The molecular weight excluding hydrogens is 196 g/mol. The number of likely N-dealkylation sites (tertiary alicyclic amines) is 1. The normalized spacial score (nSPS) is 26.6. The lowest BCUT2D eigenvalue weighted by atomic mass is 9.99. The summed E-state index contributed by atoms with van der Waals surface area (Å²) in [5.41, 5.74) is 0. The highest BCUT2D eigenvalue weighted by molar-refractivity contribution is 4.76. The summed E-state index contributed by atoms with van der Waals surface area (Å²) < 4.78 is 0. The third kappa shape index (κ3) is 4.84. The second-order valence-corrected chi connectivity index (χ2v) is 5.76. The van der Waals surface area contributed by atoms with E-state index in [1.165, 1.54) is 38.9 Å². The molecule has 3 unspecified atom stereocenters. The van der Waals surface area contributed by atoms with Crippen molar-refractivity contribution < 1.29 is 0 Å². The van der Waals surface area contributed by atoms with Gasteiger partial charge in [0.15, 0.2) is 0 Å². The lowest BCUT2D eigenvalue weighted by Crippen LogP contribution is -2.45. The van der Waals surface area contributed by atoms with Crippen LogP contribution in [0, 0.1) is 11.8 Å². The molecule has 0 bridgehead atoms. The quantitative estimate of drug-likeness (QED) is 0.749. The smallest absolute Gasteiger partial charge is 0.0192 e. The van der Waals surface area contributed by atoms with Crippen molar-refractivity contribution in [3.63, 3.8) is 0 Å². The van der Waals surface area contributed by atoms with Crippen molar-refractivity contribution in [2.45, 2.75) is 53.0 Å². The minimum Gasteiger partial charge on any atom is -0.315 e. The van der Waals surface area contributed by atoms with Gasteiger partial charge in [-0.1, -0.05) is 27.2 Å². The average Bonchev–Trinajstić information content (AvgIpc) is 2.28. The van der Waals surface area contributed by atoms with Crippen molar-refractivity contribution in [1.29, 1.82) is 0 Å². The molecule has 0 aromatic carbocycles. The van der Waals surface area contributed by atoms with E-state index in [4.69, 9.17) is 0 Å². The van der Waals surface area contributed by atoms with Crippen LogP contribution in [0.2, 0.25) is 0 Å². The van der Waals surface area contributed by atoms with Gasteiger partial charge in [0.25, 0.3) is 0 Å². The molecule has 1 fully saturated rings. The molecule has 2 heteroatoms. The van der Waals surface area contributed by atoms with Crippen LogP contribution < -0.4 is 5.32 Å². The van der Waals surface area contributed by atoms with Crippen LogP contribution in [0.1, 0.15) is 47.0 Å². The van der Waals surface area contributed by atoms with E-state index in [9.17, 15) is 0 Å². The minimum absolute atomic E-state index is 0.701. The SMILES string of the molecule is CCC(C)CNCC(C)N1CCCC(C)C1. The molecule has 0 radical (unpaired) electrons. The molecule has 1 rings (SSSR count). The number of nitrogens with zero attached hydrogens (tertiary/aromatic N) is 1. The van der Waals surface area contributed by atoms with Gasteiger partial charge >= 0.3 is 0 Å². The van der Waals surface area contributed by atoms with Crippen LogP contribution >= 0.6 is 0 Å². The summed E-state index contributed by atoms with van der Waals surface area (Å²) in [4.78, 5) is 2.65. The molecule has 1 N–H and O–H groups in total. The fourth-order valence-corrected chi connectivity index (χ4v) is 2.44. The van der Waals surface area contributed by atoms with Gasteiger partial charge in [-0.25, -0.2) is 0 Å². The summed E-state index contributed by atoms with van der Waals surface area (Å²) in [6, 6.07) is 0.701. The van der Waals surface area contributed by atoms with Crippen LogP contribution in [-0.4, -0.2) is 37.1 Å². The second-order valence-electron chi connectivity index (χ2n) is 5.76. The van der Waals surface area contributed by atoms with E-state index in [0.29, 0.717) is 6.04 Å². The maximum Gasteiger partial charge on any atom is 0.0192 e. The average molecular weight is 226 g/mol. The molecule has 16 heavy (non-hydrogen) atoms. The van der Waals surface area contributed by atoms with Gasteiger partial charge in [-0.05, 0) is 44.7 Å². The van der Waals surface area contributed by atoms with Crippen LogP contribution in [0.5, 0.6) is 0 Å². The molecule has 1 saturated heterocycles. The standard InChI is InChI=1S/C14H30N2/c1-5-12(2)9-15-10-14(4)16-8-6-7-13(3)11-16/h12-15H,5-11H2,1-4H3. The number of hydrogen-bond acceptors (Lipinski definition) is 2. The molecule has 0 spiro atoms. The van der Waals surface area contributed by atoms with Gasteiger partial charge in [-0.2, -0.15) is 0 Å². The Hall–Kier alpha value is -0.0800. The first-order chi connectivity index (χ1) is 7.63. The molecule has 2 nitrogen and oxygen atoms in total. The second kappa shape index (κ2) is 7.29.